The van der Waals surface area contributed by atoms with E-state index in [9.17, 15) is 4.79 Å². The van der Waals surface area contributed by atoms with E-state index in [-0.39, 0.29) is 17.9 Å². The van der Waals surface area contributed by atoms with E-state index in [1.165, 1.54) is 11.1 Å². The lowest BCUT2D eigenvalue weighted by atomic mass is 9.82. The smallest absolute Gasteiger partial charge is 0.227 e. The molecule has 0 aliphatic heterocycles. The molecule has 2 rings (SSSR count). The summed E-state index contributed by atoms with van der Waals surface area (Å²) in [7, 11) is 0. The second-order valence-electron chi connectivity index (χ2n) is 5.66. The van der Waals surface area contributed by atoms with E-state index in [1.54, 1.807) is 0 Å². The van der Waals surface area contributed by atoms with E-state index < -0.39 is 0 Å². The molecule has 0 spiro atoms. The van der Waals surface area contributed by atoms with Gasteiger partial charge in [0.1, 0.15) is 0 Å². The van der Waals surface area contributed by atoms with Gasteiger partial charge in [0, 0.05) is 11.9 Å². The van der Waals surface area contributed by atoms with Crippen molar-refractivity contribution in [2.24, 2.45) is 5.92 Å². The number of aryl methyl sites for hydroxylation is 1. The number of nitrogens with one attached hydrogen (secondary N) is 1. The van der Waals surface area contributed by atoms with Gasteiger partial charge in [-0.05, 0) is 36.3 Å². The molecule has 1 aliphatic rings. The van der Waals surface area contributed by atoms with Gasteiger partial charge < -0.3 is 5.32 Å². The minimum Gasteiger partial charge on any atom is -0.351 e. The molecule has 0 bridgehead atoms. The monoisotopic (exact) mass is 279 g/mol. The molecule has 1 aromatic rings. The maximum Gasteiger partial charge on any atom is 0.227 e. The van der Waals surface area contributed by atoms with Crippen LogP contribution in [0.1, 0.15) is 43.7 Å². The van der Waals surface area contributed by atoms with E-state index in [2.05, 4.69) is 37.4 Å². The van der Waals surface area contributed by atoms with E-state index >= 15 is 0 Å². The Morgan fingerprint density at radius 1 is 1.42 bits per heavy atom. The number of hydrogen-bond acceptors (Lipinski definition) is 1. The molecule has 1 N–H and O–H groups in total. The molecule has 19 heavy (non-hydrogen) atoms. The van der Waals surface area contributed by atoms with E-state index in [4.69, 9.17) is 11.6 Å². The lowest BCUT2D eigenvalue weighted by Gasteiger charge is -2.27. The summed E-state index contributed by atoms with van der Waals surface area (Å²) in [5.41, 5.74) is 2.52. The van der Waals surface area contributed by atoms with E-state index in [0.717, 1.165) is 19.3 Å². The Morgan fingerprint density at radius 3 is 2.84 bits per heavy atom. The minimum atomic E-state index is -0.00517. The maximum atomic E-state index is 12.5. The lowest BCUT2D eigenvalue weighted by Crippen LogP contribution is -2.42. The molecule has 0 fully saturated rings. The van der Waals surface area contributed by atoms with Crippen molar-refractivity contribution in [2.45, 2.75) is 45.1 Å². The van der Waals surface area contributed by atoms with Crippen LogP contribution in [0.25, 0.3) is 0 Å². The number of fused-ring (bicyclic) bond motifs is 1. The number of hydrogen-bond donors (Lipinski definition) is 1. The Balaban J connectivity index is 2.12. The highest BCUT2D eigenvalue weighted by atomic mass is 35.5. The van der Waals surface area contributed by atoms with Crippen LogP contribution < -0.4 is 5.32 Å². The fraction of sp³-hybridized carbons (Fsp3) is 0.562. The highest BCUT2D eigenvalue weighted by Crippen LogP contribution is 2.31. The number of carbonyl (C=O) groups excluding carboxylic acids is 1. The van der Waals surface area contributed by atoms with Gasteiger partial charge in [0.05, 0.1) is 5.92 Å². The van der Waals surface area contributed by atoms with Gasteiger partial charge in [0.2, 0.25) is 5.91 Å². The summed E-state index contributed by atoms with van der Waals surface area (Å²) in [5.74, 6) is 0.957. The third-order valence-corrected chi connectivity index (χ3v) is 4.32. The minimum absolute atomic E-state index is 0.00517. The zero-order chi connectivity index (χ0) is 13.8. The number of alkyl halides is 1. The maximum absolute atomic E-state index is 12.5. The third-order valence-electron chi connectivity index (χ3n) is 3.98. The van der Waals surface area contributed by atoms with Gasteiger partial charge in [-0.1, -0.05) is 38.1 Å². The van der Waals surface area contributed by atoms with Gasteiger partial charge in [0.25, 0.3) is 0 Å². The summed E-state index contributed by atoms with van der Waals surface area (Å²) in [5, 5.41) is 3.11. The van der Waals surface area contributed by atoms with Gasteiger partial charge in [-0.2, -0.15) is 0 Å². The fourth-order valence-electron chi connectivity index (χ4n) is 2.69. The zero-order valence-corrected chi connectivity index (χ0v) is 12.4. The van der Waals surface area contributed by atoms with Crippen molar-refractivity contribution < 1.29 is 4.79 Å². The Hall–Kier alpha value is -1.02. The van der Waals surface area contributed by atoms with Gasteiger partial charge in [0.15, 0.2) is 0 Å². The Bertz CT molecular complexity index is 444. The summed E-state index contributed by atoms with van der Waals surface area (Å²) in [4.78, 5) is 12.5. The van der Waals surface area contributed by atoms with Crippen molar-refractivity contribution in [1.82, 2.24) is 5.32 Å². The largest absolute Gasteiger partial charge is 0.351 e. The van der Waals surface area contributed by atoms with Crippen LogP contribution >= 0.6 is 11.6 Å². The average molecular weight is 280 g/mol. The van der Waals surface area contributed by atoms with Gasteiger partial charge in [-0.25, -0.2) is 0 Å². The van der Waals surface area contributed by atoms with Gasteiger partial charge in [-0.15, -0.1) is 11.6 Å². The molecule has 2 nitrogen and oxygen atoms in total. The second-order valence-corrected chi connectivity index (χ2v) is 5.97. The van der Waals surface area contributed by atoms with Crippen molar-refractivity contribution in [1.29, 1.82) is 0 Å². The summed E-state index contributed by atoms with van der Waals surface area (Å²) in [6.45, 7) is 4.17. The van der Waals surface area contributed by atoms with Crippen LogP contribution in [0.2, 0.25) is 0 Å². The quantitative estimate of drug-likeness (QED) is 0.840. The molecule has 3 heteroatoms. The summed E-state index contributed by atoms with van der Waals surface area (Å²) in [6.07, 6.45) is 3.11. The molecule has 0 heterocycles. The van der Waals surface area contributed by atoms with Crippen molar-refractivity contribution in [2.75, 3.05) is 5.88 Å². The molecule has 1 aromatic carbocycles. The Morgan fingerprint density at radius 2 is 2.16 bits per heavy atom. The summed E-state index contributed by atoms with van der Waals surface area (Å²) >= 11 is 5.93. The molecule has 2 unspecified atom stereocenters. The van der Waals surface area contributed by atoms with Crippen LogP contribution in [0, 0.1) is 5.92 Å². The molecule has 0 saturated carbocycles. The molecule has 0 saturated heterocycles. The number of benzene rings is 1. The molecule has 2 atom stereocenters. The molecule has 1 aliphatic carbocycles. The van der Waals surface area contributed by atoms with Crippen LogP contribution in [0.5, 0.6) is 0 Å². The molecule has 1 amide bonds. The van der Waals surface area contributed by atoms with E-state index in [1.807, 2.05) is 6.07 Å². The first kappa shape index (κ1) is 14.4. The molecule has 0 aromatic heterocycles. The SMILES string of the molecule is CC(C)C(CCl)NC(=O)C1CCCc2ccccc21. The van der Waals surface area contributed by atoms with Crippen molar-refractivity contribution in [3.05, 3.63) is 35.4 Å². The highest BCUT2D eigenvalue weighted by molar-refractivity contribution is 6.18. The van der Waals surface area contributed by atoms with Crippen LogP contribution in [0.3, 0.4) is 0 Å². The third kappa shape index (κ3) is 3.30. The summed E-state index contributed by atoms with van der Waals surface area (Å²) < 4.78 is 0. The number of halogens is 1. The fourth-order valence-corrected chi connectivity index (χ4v) is 3.13. The topological polar surface area (TPSA) is 29.1 Å². The van der Waals surface area contributed by atoms with Crippen molar-refractivity contribution in [3.63, 3.8) is 0 Å². The van der Waals surface area contributed by atoms with Gasteiger partial charge >= 0.3 is 0 Å². The first-order valence-electron chi connectivity index (χ1n) is 7.07. The molecular weight excluding hydrogens is 258 g/mol. The van der Waals surface area contributed by atoms with Crippen molar-refractivity contribution in [3.8, 4) is 0 Å². The first-order chi connectivity index (χ1) is 9.13. The average Bonchev–Trinajstić information content (AvgIpc) is 2.43. The zero-order valence-electron chi connectivity index (χ0n) is 11.7. The normalized spacial score (nSPS) is 19.9. The summed E-state index contributed by atoms with van der Waals surface area (Å²) in [6, 6.07) is 8.35. The standard InChI is InChI=1S/C16H22ClNO/c1-11(2)15(10-17)18-16(19)14-9-5-7-12-6-3-4-8-13(12)14/h3-4,6,8,11,14-15H,5,7,9-10H2,1-2H3,(H,18,19). The predicted molar refractivity (Wildman–Crippen MR) is 79.6 cm³/mol. The second kappa shape index (κ2) is 6.42. The molecule has 104 valence electrons. The Kier molecular flexibility index (Phi) is 4.87. The predicted octanol–water partition coefficient (Wildman–Crippen LogP) is 3.49. The van der Waals surface area contributed by atoms with Crippen molar-refractivity contribution >= 4 is 17.5 Å². The highest BCUT2D eigenvalue weighted by Gasteiger charge is 2.27. The van der Waals surface area contributed by atoms with E-state index in [0.29, 0.717) is 11.8 Å². The van der Waals surface area contributed by atoms with Crippen LogP contribution in [0.15, 0.2) is 24.3 Å². The number of carbonyl (C=O) groups is 1. The lowest BCUT2D eigenvalue weighted by molar-refractivity contribution is -0.123. The number of amides is 1. The molecule has 0 radical (unpaired) electrons. The number of rotatable bonds is 4. The van der Waals surface area contributed by atoms with Crippen LogP contribution in [-0.2, 0) is 11.2 Å². The van der Waals surface area contributed by atoms with Crippen LogP contribution in [0.4, 0.5) is 0 Å². The van der Waals surface area contributed by atoms with Gasteiger partial charge in [-0.3, -0.25) is 4.79 Å². The molecular formula is C16H22ClNO. The Labute approximate surface area is 120 Å². The first-order valence-corrected chi connectivity index (χ1v) is 7.61. The van der Waals surface area contributed by atoms with Crippen LogP contribution in [-0.4, -0.2) is 17.8 Å².